The predicted octanol–water partition coefficient (Wildman–Crippen LogP) is 24.3. The number of carbonyl (C=O) groups excluding carboxylic acids is 2. The summed E-state index contributed by atoms with van der Waals surface area (Å²) in [5, 5.41) is 0. The summed E-state index contributed by atoms with van der Waals surface area (Å²) in [6.07, 6.45) is 92.0. The number of hydrogen-bond acceptors (Lipinski definition) is 7. The first-order valence-electron chi connectivity index (χ1n) is 37.2. The molecule has 0 fully saturated rings. The van der Waals surface area contributed by atoms with Crippen LogP contribution in [0.2, 0.25) is 0 Å². The van der Waals surface area contributed by atoms with Gasteiger partial charge in [0, 0.05) is 12.8 Å². The van der Waals surface area contributed by atoms with Crippen molar-refractivity contribution in [2.24, 2.45) is 0 Å². The number of phosphoric ester groups is 1. The number of rotatable bonds is 69. The van der Waals surface area contributed by atoms with E-state index in [-0.39, 0.29) is 32.0 Å². The largest absolute Gasteiger partial charge is 0.472 e. The molecule has 1 N–H and O–H groups in total. The molecule has 87 heavy (non-hydrogen) atoms. The van der Waals surface area contributed by atoms with E-state index in [1.165, 1.54) is 238 Å². The van der Waals surface area contributed by atoms with Gasteiger partial charge in [-0.25, -0.2) is 4.57 Å². The molecule has 0 saturated heterocycles. The van der Waals surface area contributed by atoms with Crippen molar-refractivity contribution in [3.63, 3.8) is 0 Å². The Morgan fingerprint density at radius 3 is 0.977 bits per heavy atom. The lowest BCUT2D eigenvalue weighted by Gasteiger charge is -2.24. The first kappa shape index (κ1) is 84.5. The van der Waals surface area contributed by atoms with E-state index in [1.54, 1.807) is 0 Å². The molecule has 0 amide bonds. The van der Waals surface area contributed by atoms with Gasteiger partial charge in [-0.1, -0.05) is 350 Å². The lowest BCUT2D eigenvalue weighted by Crippen LogP contribution is -2.37. The van der Waals surface area contributed by atoms with Crippen molar-refractivity contribution in [2.45, 2.75) is 360 Å². The first-order valence-corrected chi connectivity index (χ1v) is 38.7. The molecule has 0 aliphatic rings. The van der Waals surface area contributed by atoms with E-state index in [1.807, 2.05) is 21.1 Å². The van der Waals surface area contributed by atoms with Crippen LogP contribution in [0.15, 0.2) is 72.9 Å². The second-order valence-corrected chi connectivity index (χ2v) is 27.8. The zero-order valence-corrected chi connectivity index (χ0v) is 58.9. The smallest absolute Gasteiger partial charge is 0.462 e. The zero-order valence-electron chi connectivity index (χ0n) is 58.0. The van der Waals surface area contributed by atoms with Gasteiger partial charge in [0.05, 0.1) is 27.7 Å². The fourth-order valence-corrected chi connectivity index (χ4v) is 11.6. The predicted molar refractivity (Wildman–Crippen MR) is 376 cm³/mol. The number of unbranched alkanes of at least 4 members (excludes halogenated alkanes) is 43. The third-order valence-corrected chi connectivity index (χ3v) is 17.5. The summed E-state index contributed by atoms with van der Waals surface area (Å²) in [4.78, 5) is 35.9. The summed E-state index contributed by atoms with van der Waals surface area (Å²) in [5.41, 5.74) is 0. The maximum atomic E-state index is 12.9. The molecule has 0 aliphatic heterocycles. The number of phosphoric acid groups is 1. The molecule has 0 aliphatic carbocycles. The average Bonchev–Trinajstić information content (AvgIpc) is 3.68. The lowest BCUT2D eigenvalue weighted by molar-refractivity contribution is -0.870. The fraction of sp³-hybridized carbons (Fsp3) is 0.818. The molecule has 2 unspecified atom stereocenters. The molecule has 0 bridgehead atoms. The summed E-state index contributed by atoms with van der Waals surface area (Å²) >= 11 is 0. The van der Waals surface area contributed by atoms with E-state index in [9.17, 15) is 19.0 Å². The van der Waals surface area contributed by atoms with Crippen molar-refractivity contribution in [3.05, 3.63) is 72.9 Å². The zero-order chi connectivity index (χ0) is 63.4. The van der Waals surface area contributed by atoms with Crippen LogP contribution in [-0.2, 0) is 32.7 Å². The highest BCUT2D eigenvalue weighted by Crippen LogP contribution is 2.43. The monoisotopic (exact) mass is 1240 g/mol. The van der Waals surface area contributed by atoms with Gasteiger partial charge in [-0.3, -0.25) is 18.6 Å². The third-order valence-electron chi connectivity index (χ3n) is 16.5. The number of quaternary nitrogens is 1. The van der Waals surface area contributed by atoms with Crippen LogP contribution in [0.3, 0.4) is 0 Å². The number of carbonyl (C=O) groups is 2. The third kappa shape index (κ3) is 72.4. The molecule has 0 aromatic carbocycles. The van der Waals surface area contributed by atoms with Gasteiger partial charge in [0.15, 0.2) is 6.10 Å². The Bertz CT molecular complexity index is 1700. The van der Waals surface area contributed by atoms with Crippen molar-refractivity contribution >= 4 is 19.8 Å². The Balaban J connectivity index is 3.93. The molecular weight excluding hydrogens is 1100 g/mol. The Kier molecular flexibility index (Phi) is 65.8. The van der Waals surface area contributed by atoms with Crippen molar-refractivity contribution in [3.8, 4) is 0 Å². The van der Waals surface area contributed by atoms with E-state index in [4.69, 9.17) is 18.5 Å². The van der Waals surface area contributed by atoms with Crippen LogP contribution in [0.5, 0.6) is 0 Å². The van der Waals surface area contributed by atoms with E-state index in [2.05, 4.69) is 86.8 Å². The van der Waals surface area contributed by atoms with Gasteiger partial charge in [-0.2, -0.15) is 0 Å². The Morgan fingerprint density at radius 1 is 0.368 bits per heavy atom. The highest BCUT2D eigenvalue weighted by atomic mass is 31.2. The molecule has 508 valence electrons. The Labute approximate surface area is 539 Å². The molecule has 0 aromatic rings. The summed E-state index contributed by atoms with van der Waals surface area (Å²) in [5.74, 6) is -0.816. The summed E-state index contributed by atoms with van der Waals surface area (Å²) in [7, 11) is 1.46. The molecule has 0 saturated carbocycles. The topological polar surface area (TPSA) is 108 Å². The van der Waals surface area contributed by atoms with E-state index < -0.39 is 26.5 Å². The number of allylic oxidation sites excluding steroid dienone is 12. The molecule has 0 heterocycles. The molecule has 0 radical (unpaired) electrons. The van der Waals surface area contributed by atoms with Gasteiger partial charge in [0.25, 0.3) is 0 Å². The maximum Gasteiger partial charge on any atom is 0.472 e. The van der Waals surface area contributed by atoms with E-state index in [0.717, 1.165) is 83.5 Å². The van der Waals surface area contributed by atoms with Crippen molar-refractivity contribution in [2.75, 3.05) is 47.5 Å². The van der Waals surface area contributed by atoms with Gasteiger partial charge in [-0.15, -0.1) is 0 Å². The number of hydrogen-bond donors (Lipinski definition) is 1. The van der Waals surface area contributed by atoms with E-state index >= 15 is 0 Å². The van der Waals surface area contributed by atoms with Crippen LogP contribution in [-0.4, -0.2) is 74.9 Å². The van der Waals surface area contributed by atoms with Gasteiger partial charge >= 0.3 is 19.8 Å². The molecule has 2 atom stereocenters. The van der Waals surface area contributed by atoms with Gasteiger partial charge in [0.1, 0.15) is 19.8 Å². The minimum atomic E-state index is -4.40. The average molecular weight is 1240 g/mol. The highest BCUT2D eigenvalue weighted by molar-refractivity contribution is 7.47. The Hall–Kier alpha value is -2.55. The molecule has 0 spiro atoms. The molecule has 0 aromatic heterocycles. The number of ether oxygens (including phenoxy) is 2. The molecular formula is C77H143NO8P+. The molecule has 10 heteroatoms. The van der Waals surface area contributed by atoms with Crippen LogP contribution < -0.4 is 0 Å². The lowest BCUT2D eigenvalue weighted by atomic mass is 10.0. The minimum absolute atomic E-state index is 0.0244. The second-order valence-electron chi connectivity index (χ2n) is 26.3. The SMILES string of the molecule is CC/C=C\C/C=C\C/C=C\C/C=C\C/C=C\C/C=C\CCCCCCC(=O)OC(COC(=O)CCCCCCCCCCCCCCCCCCCCCCCCCCCCCCCCCCCCCCCCCC)COP(=O)(O)OCC[N+](C)(C)C. The van der Waals surface area contributed by atoms with Gasteiger partial charge in [-0.05, 0) is 64.2 Å². The fourth-order valence-electron chi connectivity index (χ4n) is 10.8. The highest BCUT2D eigenvalue weighted by Gasteiger charge is 2.27. The van der Waals surface area contributed by atoms with Crippen LogP contribution >= 0.6 is 7.82 Å². The minimum Gasteiger partial charge on any atom is -0.462 e. The quantitative estimate of drug-likeness (QED) is 0.0211. The van der Waals surface area contributed by atoms with Crippen molar-refractivity contribution in [1.29, 1.82) is 0 Å². The Morgan fingerprint density at radius 2 is 0.655 bits per heavy atom. The normalized spacial score (nSPS) is 13.5. The second kappa shape index (κ2) is 67.8. The molecule has 0 rings (SSSR count). The van der Waals surface area contributed by atoms with Gasteiger partial charge in [0.2, 0.25) is 0 Å². The van der Waals surface area contributed by atoms with Gasteiger partial charge < -0.3 is 18.9 Å². The van der Waals surface area contributed by atoms with Crippen LogP contribution in [0.1, 0.15) is 354 Å². The molecule has 9 nitrogen and oxygen atoms in total. The summed E-state index contributed by atoms with van der Waals surface area (Å²) in [6.45, 7) is 4.33. The number of nitrogens with zero attached hydrogens (tertiary/aromatic N) is 1. The van der Waals surface area contributed by atoms with Crippen LogP contribution in [0.25, 0.3) is 0 Å². The summed E-state index contributed by atoms with van der Waals surface area (Å²) < 4.78 is 34.7. The number of esters is 2. The number of likely N-dealkylation sites (N-methyl/N-ethyl adjacent to an activating group) is 1. The standard InChI is InChI=1S/C77H142NO8P/c1-6-8-10-12-14-16-18-20-22-24-26-28-30-31-32-33-34-35-36-37-38-39-40-41-42-43-44-45-46-48-49-51-53-55-57-59-61-63-65-67-69-76(79)83-73-75(74-85-87(81,82)84-72-71-78(3,4)5)86-77(80)70-68-66-64-62-60-58-56-54-52-50-47-29-27-25-23-21-19-17-15-13-11-9-7-2/h9,11,15,17,21,23,27,29,50,52,56,58,75H,6-8,10,12-14,16,18-20,22,24-26,28,30-49,51,53-55,57,59-74H2,1-5H3/p+1/b11-9-,17-15-,23-21-,29-27-,52-50-,58-56-. The van der Waals surface area contributed by atoms with Crippen LogP contribution in [0.4, 0.5) is 0 Å². The first-order chi connectivity index (χ1) is 42.5. The summed E-state index contributed by atoms with van der Waals surface area (Å²) in [6, 6.07) is 0. The van der Waals surface area contributed by atoms with Crippen molar-refractivity contribution in [1.82, 2.24) is 0 Å². The van der Waals surface area contributed by atoms with Crippen molar-refractivity contribution < 1.29 is 42.1 Å². The van der Waals surface area contributed by atoms with Crippen LogP contribution in [0, 0.1) is 0 Å². The maximum absolute atomic E-state index is 12.9. The van der Waals surface area contributed by atoms with E-state index in [0.29, 0.717) is 17.4 Å².